The van der Waals surface area contributed by atoms with Gasteiger partial charge in [-0.25, -0.2) is 0 Å². The maximum atomic E-state index is 9.47. The van der Waals surface area contributed by atoms with Crippen molar-refractivity contribution < 1.29 is 0 Å². The van der Waals surface area contributed by atoms with Crippen LogP contribution < -0.4 is 0 Å². The lowest BCUT2D eigenvalue weighted by Crippen LogP contribution is -2.27. The third kappa shape index (κ3) is 3.81. The number of hydrogen-bond donors (Lipinski definition) is 0. The molecule has 0 heterocycles. The van der Waals surface area contributed by atoms with Crippen LogP contribution in [0.15, 0.2) is 0 Å². The average molecular weight is 221 g/mol. The minimum Gasteiger partial charge on any atom is -0.198 e. The highest BCUT2D eigenvalue weighted by Crippen LogP contribution is 2.43. The summed E-state index contributed by atoms with van der Waals surface area (Å²) < 4.78 is 0. The summed E-state index contributed by atoms with van der Waals surface area (Å²) in [5, 5.41) is 9.47. The van der Waals surface area contributed by atoms with Crippen molar-refractivity contribution in [2.75, 3.05) is 0 Å². The molecule has 0 bridgehead atoms. The van der Waals surface area contributed by atoms with Gasteiger partial charge in [0.1, 0.15) is 0 Å². The van der Waals surface area contributed by atoms with E-state index in [9.17, 15) is 5.26 Å². The molecule has 2 atom stereocenters. The Kier molecular flexibility index (Phi) is 5.32. The summed E-state index contributed by atoms with van der Waals surface area (Å²) in [4.78, 5) is 0. The quantitative estimate of drug-likeness (QED) is 0.646. The molecule has 1 saturated carbocycles. The Morgan fingerprint density at radius 3 is 2.75 bits per heavy atom. The predicted octanol–water partition coefficient (Wildman–Crippen LogP) is 4.92. The topological polar surface area (TPSA) is 23.8 Å². The molecule has 0 amide bonds. The molecule has 2 unspecified atom stereocenters. The zero-order chi connectivity index (χ0) is 12.0. The SMILES string of the molecule is CCC1CCCC(C#N)(CCCC(C)C)C1. The van der Waals surface area contributed by atoms with Crippen LogP contribution in [-0.2, 0) is 0 Å². The van der Waals surface area contributed by atoms with Gasteiger partial charge in [-0.2, -0.15) is 5.26 Å². The maximum Gasteiger partial charge on any atom is 0.0689 e. The third-order valence-electron chi connectivity index (χ3n) is 4.20. The van der Waals surface area contributed by atoms with Crippen LogP contribution in [-0.4, -0.2) is 0 Å². The summed E-state index contributed by atoms with van der Waals surface area (Å²) in [6.07, 6.45) is 9.85. The Bertz CT molecular complexity index is 238. The van der Waals surface area contributed by atoms with E-state index in [0.29, 0.717) is 0 Å². The first kappa shape index (κ1) is 13.6. The van der Waals surface area contributed by atoms with Gasteiger partial charge in [0.2, 0.25) is 0 Å². The maximum absolute atomic E-state index is 9.47. The van der Waals surface area contributed by atoms with Crippen LogP contribution in [0.1, 0.15) is 72.1 Å². The Balaban J connectivity index is 2.46. The summed E-state index contributed by atoms with van der Waals surface area (Å²) in [7, 11) is 0. The molecule has 0 aromatic carbocycles. The van der Waals surface area contributed by atoms with Crippen LogP contribution in [0.4, 0.5) is 0 Å². The lowest BCUT2D eigenvalue weighted by Gasteiger charge is -2.35. The lowest BCUT2D eigenvalue weighted by molar-refractivity contribution is 0.177. The largest absolute Gasteiger partial charge is 0.198 e. The van der Waals surface area contributed by atoms with Gasteiger partial charge in [-0.1, -0.05) is 52.9 Å². The van der Waals surface area contributed by atoms with E-state index in [4.69, 9.17) is 0 Å². The lowest BCUT2D eigenvalue weighted by atomic mass is 9.67. The Hall–Kier alpha value is -0.510. The number of nitrogens with zero attached hydrogens (tertiary/aromatic N) is 1. The molecule has 0 aromatic heterocycles. The minimum absolute atomic E-state index is 0.0355. The van der Waals surface area contributed by atoms with Crippen molar-refractivity contribution in [3.05, 3.63) is 0 Å². The molecule has 1 aliphatic rings. The second-order valence-electron chi connectivity index (χ2n) is 6.05. The van der Waals surface area contributed by atoms with Gasteiger partial charge in [0.25, 0.3) is 0 Å². The summed E-state index contributed by atoms with van der Waals surface area (Å²) in [5.74, 6) is 1.59. The van der Waals surface area contributed by atoms with E-state index in [2.05, 4.69) is 26.8 Å². The zero-order valence-electron chi connectivity index (χ0n) is 11.3. The first-order chi connectivity index (χ1) is 7.62. The van der Waals surface area contributed by atoms with Crippen molar-refractivity contribution in [1.82, 2.24) is 0 Å². The predicted molar refractivity (Wildman–Crippen MR) is 69.0 cm³/mol. The fourth-order valence-corrected chi connectivity index (χ4v) is 3.07. The first-order valence-electron chi connectivity index (χ1n) is 7.03. The normalized spacial score (nSPS) is 30.3. The molecular weight excluding hydrogens is 194 g/mol. The second kappa shape index (κ2) is 6.28. The number of nitriles is 1. The Morgan fingerprint density at radius 2 is 2.19 bits per heavy atom. The summed E-state index contributed by atoms with van der Waals surface area (Å²) >= 11 is 0. The average Bonchev–Trinajstić information content (AvgIpc) is 2.29. The third-order valence-corrected chi connectivity index (χ3v) is 4.20. The van der Waals surface area contributed by atoms with Gasteiger partial charge in [0, 0.05) is 0 Å². The van der Waals surface area contributed by atoms with Crippen LogP contribution in [0.2, 0.25) is 0 Å². The fourth-order valence-electron chi connectivity index (χ4n) is 3.07. The van der Waals surface area contributed by atoms with Gasteiger partial charge in [-0.15, -0.1) is 0 Å². The van der Waals surface area contributed by atoms with E-state index in [0.717, 1.165) is 31.1 Å². The Labute approximate surface area is 101 Å². The highest BCUT2D eigenvalue weighted by atomic mass is 14.4. The molecule has 1 rings (SSSR count). The Morgan fingerprint density at radius 1 is 1.44 bits per heavy atom. The molecular formula is C15H27N. The molecule has 1 aliphatic carbocycles. The number of rotatable bonds is 5. The fraction of sp³-hybridized carbons (Fsp3) is 0.933. The van der Waals surface area contributed by atoms with Gasteiger partial charge < -0.3 is 0 Å². The van der Waals surface area contributed by atoms with Gasteiger partial charge >= 0.3 is 0 Å². The van der Waals surface area contributed by atoms with E-state index in [1.165, 1.54) is 32.1 Å². The monoisotopic (exact) mass is 221 g/mol. The molecule has 1 nitrogen and oxygen atoms in total. The van der Waals surface area contributed by atoms with Gasteiger partial charge in [-0.3, -0.25) is 0 Å². The van der Waals surface area contributed by atoms with Crippen molar-refractivity contribution in [3.63, 3.8) is 0 Å². The van der Waals surface area contributed by atoms with Gasteiger partial charge in [0.15, 0.2) is 0 Å². The van der Waals surface area contributed by atoms with Crippen LogP contribution in [0.3, 0.4) is 0 Å². The zero-order valence-corrected chi connectivity index (χ0v) is 11.3. The molecule has 0 aliphatic heterocycles. The second-order valence-corrected chi connectivity index (χ2v) is 6.05. The summed E-state index contributed by atoms with van der Waals surface area (Å²) in [5.41, 5.74) is 0.0355. The van der Waals surface area contributed by atoms with Crippen molar-refractivity contribution in [1.29, 1.82) is 5.26 Å². The number of hydrogen-bond acceptors (Lipinski definition) is 1. The van der Waals surface area contributed by atoms with Gasteiger partial charge in [0.05, 0.1) is 11.5 Å². The van der Waals surface area contributed by atoms with Crippen LogP contribution in [0, 0.1) is 28.6 Å². The molecule has 0 N–H and O–H groups in total. The summed E-state index contributed by atoms with van der Waals surface area (Å²) in [6.45, 7) is 6.82. The van der Waals surface area contributed by atoms with Crippen LogP contribution >= 0.6 is 0 Å². The molecule has 16 heavy (non-hydrogen) atoms. The smallest absolute Gasteiger partial charge is 0.0689 e. The van der Waals surface area contributed by atoms with Crippen molar-refractivity contribution in [3.8, 4) is 6.07 Å². The van der Waals surface area contributed by atoms with Gasteiger partial charge in [-0.05, 0) is 31.1 Å². The molecule has 1 heteroatoms. The van der Waals surface area contributed by atoms with E-state index < -0.39 is 0 Å². The van der Waals surface area contributed by atoms with Crippen molar-refractivity contribution in [2.24, 2.45) is 17.3 Å². The van der Waals surface area contributed by atoms with E-state index >= 15 is 0 Å². The highest BCUT2D eigenvalue weighted by Gasteiger charge is 2.35. The molecule has 0 aromatic rings. The van der Waals surface area contributed by atoms with Crippen molar-refractivity contribution in [2.45, 2.75) is 72.1 Å². The van der Waals surface area contributed by atoms with E-state index in [1.807, 2.05) is 0 Å². The van der Waals surface area contributed by atoms with Crippen molar-refractivity contribution >= 4 is 0 Å². The molecule has 0 spiro atoms. The molecule has 1 fully saturated rings. The van der Waals surface area contributed by atoms with E-state index in [-0.39, 0.29) is 5.41 Å². The summed E-state index contributed by atoms with van der Waals surface area (Å²) in [6, 6.07) is 2.66. The standard InChI is InChI=1S/C15H27N/c1-4-14-8-6-10-15(11-14,12-16)9-5-7-13(2)3/h13-14H,4-11H2,1-3H3. The van der Waals surface area contributed by atoms with E-state index in [1.54, 1.807) is 0 Å². The molecule has 0 saturated heterocycles. The highest BCUT2D eigenvalue weighted by molar-refractivity contribution is 5.01. The minimum atomic E-state index is 0.0355. The molecule has 92 valence electrons. The van der Waals surface area contributed by atoms with Crippen LogP contribution in [0.5, 0.6) is 0 Å². The first-order valence-corrected chi connectivity index (χ1v) is 7.03. The molecule has 0 radical (unpaired) electrons. The van der Waals surface area contributed by atoms with Crippen LogP contribution in [0.25, 0.3) is 0 Å².